The Morgan fingerprint density at radius 3 is 2.62 bits per heavy atom. The van der Waals surface area contributed by atoms with E-state index >= 15 is 0 Å². The first-order valence-corrected chi connectivity index (χ1v) is 4.67. The van der Waals surface area contributed by atoms with Crippen LogP contribution in [0.4, 0.5) is 8.78 Å². The summed E-state index contributed by atoms with van der Waals surface area (Å²) in [5, 5.41) is 0. The van der Waals surface area contributed by atoms with E-state index in [-0.39, 0.29) is 12.1 Å². The van der Waals surface area contributed by atoms with Gasteiger partial charge in [-0.1, -0.05) is 0 Å². The molecule has 3 nitrogen and oxygen atoms in total. The average Bonchev–Trinajstić information content (AvgIpc) is 2.29. The molecular formula is C11H9F2N3. The molecule has 0 aliphatic rings. The number of aromatic nitrogens is 2. The lowest BCUT2D eigenvalue weighted by atomic mass is 10.1. The summed E-state index contributed by atoms with van der Waals surface area (Å²) in [6.45, 7) is 0.248. The van der Waals surface area contributed by atoms with Crippen LogP contribution in [0.25, 0.3) is 11.3 Å². The standard InChI is InChI=1S/C11H9F2N3/c12-7-1-2-9(10(13)3-7)11-4-8(5-14)15-6-16-11/h1-4,6H,5,14H2. The Morgan fingerprint density at radius 2 is 1.94 bits per heavy atom. The van der Waals surface area contributed by atoms with Gasteiger partial charge in [-0.15, -0.1) is 0 Å². The zero-order valence-corrected chi connectivity index (χ0v) is 8.32. The lowest BCUT2D eigenvalue weighted by Gasteiger charge is -2.03. The van der Waals surface area contributed by atoms with E-state index in [4.69, 9.17) is 5.73 Å². The Kier molecular flexibility index (Phi) is 2.87. The molecule has 0 aliphatic heterocycles. The normalized spacial score (nSPS) is 10.4. The van der Waals surface area contributed by atoms with Crippen LogP contribution in [0.1, 0.15) is 5.69 Å². The monoisotopic (exact) mass is 221 g/mol. The molecule has 82 valence electrons. The topological polar surface area (TPSA) is 51.8 Å². The maximum absolute atomic E-state index is 13.4. The summed E-state index contributed by atoms with van der Waals surface area (Å²) < 4.78 is 26.2. The molecule has 0 radical (unpaired) electrons. The van der Waals surface area contributed by atoms with Crippen molar-refractivity contribution < 1.29 is 8.78 Å². The molecule has 0 amide bonds. The lowest BCUT2D eigenvalue weighted by Crippen LogP contribution is -2.01. The SMILES string of the molecule is NCc1cc(-c2ccc(F)cc2F)ncn1. The fourth-order valence-corrected chi connectivity index (χ4v) is 1.35. The first-order chi connectivity index (χ1) is 7.70. The van der Waals surface area contributed by atoms with Crippen molar-refractivity contribution in [3.63, 3.8) is 0 Å². The first kappa shape index (κ1) is 10.6. The zero-order valence-electron chi connectivity index (χ0n) is 8.32. The largest absolute Gasteiger partial charge is 0.325 e. The summed E-state index contributed by atoms with van der Waals surface area (Å²) in [6.07, 6.45) is 1.31. The predicted octanol–water partition coefficient (Wildman–Crippen LogP) is 1.88. The van der Waals surface area contributed by atoms with Crippen LogP contribution in [0.3, 0.4) is 0 Å². The van der Waals surface area contributed by atoms with Crippen LogP contribution in [0.5, 0.6) is 0 Å². The smallest absolute Gasteiger partial charge is 0.135 e. The molecule has 1 aromatic heterocycles. The second kappa shape index (κ2) is 4.32. The van der Waals surface area contributed by atoms with Gasteiger partial charge in [0.25, 0.3) is 0 Å². The van der Waals surface area contributed by atoms with Gasteiger partial charge in [0.2, 0.25) is 0 Å². The van der Waals surface area contributed by atoms with Crippen LogP contribution < -0.4 is 5.73 Å². The van der Waals surface area contributed by atoms with E-state index in [1.54, 1.807) is 6.07 Å². The molecule has 0 saturated carbocycles. The van der Waals surface area contributed by atoms with E-state index in [1.165, 1.54) is 18.5 Å². The number of halogens is 2. The molecule has 2 aromatic rings. The number of hydrogen-bond donors (Lipinski definition) is 1. The Hall–Kier alpha value is -1.88. The molecule has 1 heterocycles. The van der Waals surface area contributed by atoms with Gasteiger partial charge in [-0.2, -0.15) is 0 Å². The summed E-state index contributed by atoms with van der Waals surface area (Å²) in [5.74, 6) is -1.27. The highest BCUT2D eigenvalue weighted by molar-refractivity contribution is 5.59. The van der Waals surface area contributed by atoms with Gasteiger partial charge in [0.05, 0.1) is 11.4 Å². The number of nitrogens with zero attached hydrogens (tertiary/aromatic N) is 2. The highest BCUT2D eigenvalue weighted by Gasteiger charge is 2.08. The third kappa shape index (κ3) is 2.04. The number of nitrogens with two attached hydrogens (primary N) is 1. The molecular weight excluding hydrogens is 212 g/mol. The van der Waals surface area contributed by atoms with Crippen molar-refractivity contribution >= 4 is 0 Å². The average molecular weight is 221 g/mol. The van der Waals surface area contributed by atoms with Crippen molar-refractivity contribution in [3.05, 3.63) is 47.9 Å². The van der Waals surface area contributed by atoms with Gasteiger partial charge in [0.15, 0.2) is 0 Å². The summed E-state index contributed by atoms with van der Waals surface area (Å²) in [5.41, 5.74) is 6.65. The third-order valence-corrected chi connectivity index (χ3v) is 2.14. The van der Waals surface area contributed by atoms with E-state index in [0.29, 0.717) is 11.4 Å². The summed E-state index contributed by atoms with van der Waals surface area (Å²) in [6, 6.07) is 4.92. The van der Waals surface area contributed by atoms with Gasteiger partial charge in [-0.3, -0.25) is 0 Å². The van der Waals surface area contributed by atoms with E-state index in [0.717, 1.165) is 6.07 Å². The van der Waals surface area contributed by atoms with E-state index in [1.807, 2.05) is 0 Å². The quantitative estimate of drug-likeness (QED) is 0.842. The van der Waals surface area contributed by atoms with Crippen LogP contribution >= 0.6 is 0 Å². The Bertz CT molecular complexity index is 514. The van der Waals surface area contributed by atoms with Crippen molar-refractivity contribution in [2.45, 2.75) is 6.54 Å². The van der Waals surface area contributed by atoms with E-state index in [2.05, 4.69) is 9.97 Å². The molecule has 1 aromatic carbocycles. The second-order valence-electron chi connectivity index (χ2n) is 3.22. The van der Waals surface area contributed by atoms with Gasteiger partial charge in [0, 0.05) is 18.2 Å². The van der Waals surface area contributed by atoms with Crippen molar-refractivity contribution in [1.82, 2.24) is 9.97 Å². The van der Waals surface area contributed by atoms with Crippen LogP contribution in [0, 0.1) is 11.6 Å². The number of rotatable bonds is 2. The highest BCUT2D eigenvalue weighted by Crippen LogP contribution is 2.21. The summed E-state index contributed by atoms with van der Waals surface area (Å²) in [4.78, 5) is 7.82. The molecule has 0 saturated heterocycles. The maximum atomic E-state index is 13.4. The van der Waals surface area contributed by atoms with E-state index < -0.39 is 11.6 Å². The van der Waals surface area contributed by atoms with Gasteiger partial charge in [0.1, 0.15) is 18.0 Å². The molecule has 5 heteroatoms. The maximum Gasteiger partial charge on any atom is 0.135 e. The van der Waals surface area contributed by atoms with E-state index in [9.17, 15) is 8.78 Å². The van der Waals surface area contributed by atoms with Crippen molar-refractivity contribution in [1.29, 1.82) is 0 Å². The zero-order chi connectivity index (χ0) is 11.5. The minimum atomic E-state index is -0.651. The summed E-state index contributed by atoms with van der Waals surface area (Å²) >= 11 is 0. The van der Waals surface area contributed by atoms with Gasteiger partial charge in [-0.25, -0.2) is 18.7 Å². The molecule has 2 N–H and O–H groups in total. The third-order valence-electron chi connectivity index (χ3n) is 2.14. The molecule has 0 bridgehead atoms. The van der Waals surface area contributed by atoms with Crippen LogP contribution in [0.2, 0.25) is 0 Å². The Balaban J connectivity index is 2.49. The first-order valence-electron chi connectivity index (χ1n) is 4.67. The molecule has 0 aliphatic carbocycles. The fourth-order valence-electron chi connectivity index (χ4n) is 1.35. The predicted molar refractivity (Wildman–Crippen MR) is 55.3 cm³/mol. The lowest BCUT2D eigenvalue weighted by molar-refractivity contribution is 0.585. The molecule has 0 fully saturated rings. The Labute approximate surface area is 91.0 Å². The van der Waals surface area contributed by atoms with Gasteiger partial charge < -0.3 is 5.73 Å². The second-order valence-corrected chi connectivity index (χ2v) is 3.22. The molecule has 0 atom stereocenters. The van der Waals surface area contributed by atoms with Crippen molar-refractivity contribution in [2.75, 3.05) is 0 Å². The summed E-state index contributed by atoms with van der Waals surface area (Å²) in [7, 11) is 0. The molecule has 16 heavy (non-hydrogen) atoms. The van der Waals surface area contributed by atoms with Gasteiger partial charge in [-0.05, 0) is 18.2 Å². The molecule has 0 unspecified atom stereocenters. The molecule has 0 spiro atoms. The van der Waals surface area contributed by atoms with Gasteiger partial charge >= 0.3 is 0 Å². The minimum absolute atomic E-state index is 0.235. The van der Waals surface area contributed by atoms with Crippen molar-refractivity contribution in [3.8, 4) is 11.3 Å². The highest BCUT2D eigenvalue weighted by atomic mass is 19.1. The minimum Gasteiger partial charge on any atom is -0.325 e. The van der Waals surface area contributed by atoms with Crippen molar-refractivity contribution in [2.24, 2.45) is 5.73 Å². The molecule has 2 rings (SSSR count). The number of benzene rings is 1. The van der Waals surface area contributed by atoms with Crippen LogP contribution in [-0.4, -0.2) is 9.97 Å². The Morgan fingerprint density at radius 1 is 1.12 bits per heavy atom. The fraction of sp³-hybridized carbons (Fsp3) is 0.0909. The van der Waals surface area contributed by atoms with Crippen LogP contribution in [0.15, 0.2) is 30.6 Å². The van der Waals surface area contributed by atoms with Crippen LogP contribution in [-0.2, 0) is 6.54 Å². The number of hydrogen-bond acceptors (Lipinski definition) is 3.